The molecule has 0 amide bonds. The molecule has 1 aliphatic rings. The minimum Gasteiger partial charge on any atom is -0.328 e. The number of hydrogen-bond acceptors (Lipinski definition) is 2. The molecule has 2 nitrogen and oxygen atoms in total. The number of nitrogens with two attached hydrogens (primary N) is 1. The van der Waals surface area contributed by atoms with Gasteiger partial charge in [-0.2, -0.15) is 0 Å². The predicted octanol–water partition coefficient (Wildman–Crippen LogP) is 2.93. The fourth-order valence-corrected chi connectivity index (χ4v) is 2.90. The van der Waals surface area contributed by atoms with Crippen LogP contribution in [0.5, 0.6) is 0 Å². The molecule has 0 aromatic heterocycles. The first-order valence-corrected chi connectivity index (χ1v) is 6.75. The summed E-state index contributed by atoms with van der Waals surface area (Å²) in [4.78, 5) is 2.52. The van der Waals surface area contributed by atoms with E-state index < -0.39 is 0 Å². The lowest BCUT2D eigenvalue weighted by Gasteiger charge is -2.38. The highest BCUT2D eigenvalue weighted by molar-refractivity contribution is 9.10. The van der Waals surface area contributed by atoms with Crippen molar-refractivity contribution in [2.24, 2.45) is 5.73 Å². The van der Waals surface area contributed by atoms with Crippen LogP contribution in [0.1, 0.15) is 31.4 Å². The van der Waals surface area contributed by atoms with E-state index in [-0.39, 0.29) is 0 Å². The molecule has 0 aliphatic carbocycles. The summed E-state index contributed by atoms with van der Waals surface area (Å²) >= 11 is 3.54. The molecule has 2 rings (SSSR count). The molecule has 1 aliphatic heterocycles. The van der Waals surface area contributed by atoms with E-state index in [2.05, 4.69) is 52.0 Å². The lowest BCUT2D eigenvalue weighted by molar-refractivity contribution is 0.143. The average Bonchev–Trinajstić information content (AvgIpc) is 2.29. The highest BCUT2D eigenvalue weighted by Gasteiger charge is 2.26. The zero-order chi connectivity index (χ0) is 11.5. The molecule has 1 aromatic rings. The van der Waals surface area contributed by atoms with Gasteiger partial charge in [0, 0.05) is 23.1 Å². The Morgan fingerprint density at radius 2 is 2.31 bits per heavy atom. The Bertz CT molecular complexity index is 354. The zero-order valence-corrected chi connectivity index (χ0v) is 11.3. The van der Waals surface area contributed by atoms with E-state index in [9.17, 15) is 0 Å². The van der Waals surface area contributed by atoms with Gasteiger partial charge < -0.3 is 5.73 Å². The third-order valence-corrected chi connectivity index (χ3v) is 3.89. The third-order valence-electron chi connectivity index (χ3n) is 3.39. The van der Waals surface area contributed by atoms with E-state index in [1.807, 2.05) is 0 Å². The van der Waals surface area contributed by atoms with Crippen LogP contribution >= 0.6 is 15.9 Å². The first-order valence-electron chi connectivity index (χ1n) is 5.95. The van der Waals surface area contributed by atoms with Crippen LogP contribution in [0.15, 0.2) is 28.7 Å². The number of likely N-dealkylation sites (tertiary alicyclic amines) is 1. The zero-order valence-electron chi connectivity index (χ0n) is 9.70. The summed E-state index contributed by atoms with van der Waals surface area (Å²) < 4.78 is 1.15. The van der Waals surface area contributed by atoms with E-state index in [1.165, 1.54) is 5.56 Å². The number of piperidine rings is 1. The Hall–Kier alpha value is -0.380. The molecule has 0 saturated carbocycles. The largest absolute Gasteiger partial charge is 0.328 e. The van der Waals surface area contributed by atoms with Crippen molar-refractivity contribution >= 4 is 15.9 Å². The summed E-state index contributed by atoms with van der Waals surface area (Å²) in [7, 11) is 0. The average molecular weight is 283 g/mol. The van der Waals surface area contributed by atoms with Crippen LogP contribution in [-0.4, -0.2) is 24.0 Å². The van der Waals surface area contributed by atoms with Crippen molar-refractivity contribution in [1.82, 2.24) is 4.90 Å². The van der Waals surface area contributed by atoms with Gasteiger partial charge in [0.2, 0.25) is 0 Å². The van der Waals surface area contributed by atoms with E-state index >= 15 is 0 Å². The lowest BCUT2D eigenvalue weighted by atomic mass is 9.92. The number of hydrogen-bond donors (Lipinski definition) is 1. The predicted molar refractivity (Wildman–Crippen MR) is 71.3 cm³/mol. The summed E-state index contributed by atoms with van der Waals surface area (Å²) in [6.45, 7) is 4.45. The first-order chi connectivity index (χ1) is 7.70. The van der Waals surface area contributed by atoms with Gasteiger partial charge in [-0.05, 0) is 37.1 Å². The fourth-order valence-electron chi connectivity index (χ4n) is 2.48. The van der Waals surface area contributed by atoms with E-state index in [4.69, 9.17) is 5.73 Å². The summed E-state index contributed by atoms with van der Waals surface area (Å²) in [6, 6.07) is 9.44. The van der Waals surface area contributed by atoms with Gasteiger partial charge in [0.05, 0.1) is 0 Å². The maximum atomic E-state index is 6.08. The quantitative estimate of drug-likeness (QED) is 0.904. The van der Waals surface area contributed by atoms with Gasteiger partial charge in [-0.1, -0.05) is 35.0 Å². The third kappa shape index (κ3) is 2.65. The van der Waals surface area contributed by atoms with Crippen LogP contribution in [0.4, 0.5) is 0 Å². The molecule has 1 heterocycles. The monoisotopic (exact) mass is 282 g/mol. The molecule has 1 fully saturated rings. The van der Waals surface area contributed by atoms with E-state index in [1.54, 1.807) is 0 Å². The summed E-state index contributed by atoms with van der Waals surface area (Å²) in [6.07, 6.45) is 2.20. The molecule has 3 heteroatoms. The molecule has 1 aromatic carbocycles. The number of halogens is 1. The van der Waals surface area contributed by atoms with Crippen molar-refractivity contribution in [3.63, 3.8) is 0 Å². The Morgan fingerprint density at radius 1 is 1.50 bits per heavy atom. The second-order valence-corrected chi connectivity index (χ2v) is 5.40. The van der Waals surface area contributed by atoms with Crippen LogP contribution in [0.2, 0.25) is 0 Å². The van der Waals surface area contributed by atoms with Gasteiger partial charge in [0.15, 0.2) is 0 Å². The molecular formula is C13H19BrN2. The molecule has 88 valence electrons. The number of benzene rings is 1. The molecule has 16 heavy (non-hydrogen) atoms. The lowest BCUT2D eigenvalue weighted by Crippen LogP contribution is -2.41. The highest BCUT2D eigenvalue weighted by Crippen LogP contribution is 2.31. The first kappa shape index (κ1) is 12.1. The molecular weight excluding hydrogens is 264 g/mol. The molecule has 0 spiro atoms. The van der Waals surface area contributed by atoms with E-state index in [0.29, 0.717) is 12.1 Å². The van der Waals surface area contributed by atoms with Crippen molar-refractivity contribution in [3.8, 4) is 0 Å². The number of rotatable bonds is 2. The van der Waals surface area contributed by atoms with Crippen molar-refractivity contribution in [1.29, 1.82) is 0 Å². The van der Waals surface area contributed by atoms with Gasteiger partial charge in [-0.3, -0.25) is 4.90 Å². The molecule has 2 atom stereocenters. The van der Waals surface area contributed by atoms with Crippen molar-refractivity contribution in [2.45, 2.75) is 31.8 Å². The summed E-state index contributed by atoms with van der Waals surface area (Å²) in [5.41, 5.74) is 7.46. The minimum absolute atomic E-state index is 0.354. The van der Waals surface area contributed by atoms with Crippen LogP contribution in [0.3, 0.4) is 0 Å². The van der Waals surface area contributed by atoms with E-state index in [0.717, 1.165) is 30.4 Å². The van der Waals surface area contributed by atoms with Crippen molar-refractivity contribution < 1.29 is 0 Å². The second-order valence-electron chi connectivity index (χ2n) is 4.48. The van der Waals surface area contributed by atoms with Gasteiger partial charge in [0.25, 0.3) is 0 Å². The molecule has 2 N–H and O–H groups in total. The Labute approximate surface area is 106 Å². The minimum atomic E-state index is 0.354. The summed E-state index contributed by atoms with van der Waals surface area (Å²) in [5, 5.41) is 0. The molecule has 0 radical (unpaired) electrons. The fraction of sp³-hybridized carbons (Fsp3) is 0.538. The maximum absolute atomic E-state index is 6.08. The van der Waals surface area contributed by atoms with Gasteiger partial charge in [-0.15, -0.1) is 0 Å². The summed E-state index contributed by atoms with van der Waals surface area (Å²) in [5.74, 6) is 0. The van der Waals surface area contributed by atoms with Crippen molar-refractivity contribution in [3.05, 3.63) is 34.3 Å². The van der Waals surface area contributed by atoms with Gasteiger partial charge in [-0.25, -0.2) is 0 Å². The van der Waals surface area contributed by atoms with Crippen LogP contribution < -0.4 is 5.73 Å². The Morgan fingerprint density at radius 3 is 3.00 bits per heavy atom. The smallest absolute Gasteiger partial charge is 0.0363 e. The number of nitrogens with zero attached hydrogens (tertiary/aromatic N) is 1. The maximum Gasteiger partial charge on any atom is 0.0363 e. The topological polar surface area (TPSA) is 29.3 Å². The SMILES string of the molecule is CCN1CCC(N)CC1c1cccc(Br)c1. The Balaban J connectivity index is 2.22. The molecule has 0 bridgehead atoms. The highest BCUT2D eigenvalue weighted by atomic mass is 79.9. The van der Waals surface area contributed by atoms with Crippen LogP contribution in [-0.2, 0) is 0 Å². The Kier molecular flexibility index (Phi) is 4.00. The van der Waals surface area contributed by atoms with Crippen LogP contribution in [0, 0.1) is 0 Å². The van der Waals surface area contributed by atoms with Gasteiger partial charge in [0.1, 0.15) is 0 Å². The van der Waals surface area contributed by atoms with Gasteiger partial charge >= 0.3 is 0 Å². The molecule has 2 unspecified atom stereocenters. The standard InChI is InChI=1S/C13H19BrN2/c1-2-16-7-6-12(15)9-13(16)10-4-3-5-11(14)8-10/h3-5,8,12-13H,2,6-7,9,15H2,1H3. The second kappa shape index (κ2) is 5.30. The van der Waals surface area contributed by atoms with Crippen molar-refractivity contribution in [2.75, 3.05) is 13.1 Å². The van der Waals surface area contributed by atoms with Crippen LogP contribution in [0.25, 0.3) is 0 Å². The normalized spacial score (nSPS) is 26.9. The molecule has 1 saturated heterocycles.